The van der Waals surface area contributed by atoms with Crippen molar-refractivity contribution in [2.24, 2.45) is 17.3 Å². The third kappa shape index (κ3) is 11.1. The van der Waals surface area contributed by atoms with Crippen LogP contribution >= 0.6 is 0 Å². The molecule has 1 unspecified atom stereocenters. The zero-order valence-corrected chi connectivity index (χ0v) is 35.1. The number of hydrogen-bond acceptors (Lipinski definition) is 13. The summed E-state index contributed by atoms with van der Waals surface area (Å²) in [4.78, 5) is 92.7. The molecule has 0 bridgehead atoms. The van der Waals surface area contributed by atoms with E-state index < -0.39 is 115 Å². The fourth-order valence-corrected chi connectivity index (χ4v) is 8.35. The first-order valence-corrected chi connectivity index (χ1v) is 20.2. The summed E-state index contributed by atoms with van der Waals surface area (Å²) in [5.41, 5.74) is 0.909. The third-order valence-corrected chi connectivity index (χ3v) is 11.6. The van der Waals surface area contributed by atoms with E-state index in [1.807, 2.05) is 13.8 Å². The molecule has 1 aliphatic carbocycles. The summed E-state index contributed by atoms with van der Waals surface area (Å²) < 4.78 is 48.1. The van der Waals surface area contributed by atoms with E-state index in [0.29, 0.717) is 30.5 Å². The summed E-state index contributed by atoms with van der Waals surface area (Å²) >= 11 is 0. The Bertz CT molecular complexity index is 1950. The number of amides is 3. The molecule has 18 heteroatoms. The monoisotopic (exact) mass is 856 g/mol. The largest absolute Gasteiger partial charge is 0.456 e. The van der Waals surface area contributed by atoms with Gasteiger partial charge in [0.25, 0.3) is 0 Å². The van der Waals surface area contributed by atoms with Gasteiger partial charge < -0.3 is 39.6 Å². The number of hydrogen-bond donors (Lipinski definition) is 3. The second-order valence-corrected chi connectivity index (χ2v) is 16.7. The number of benzene rings is 2. The van der Waals surface area contributed by atoms with Crippen LogP contribution in [0.5, 0.6) is 0 Å². The number of methoxy groups -OCH3 is 2. The lowest BCUT2D eigenvalue weighted by Crippen LogP contribution is -2.56. The predicted molar refractivity (Wildman–Crippen MR) is 213 cm³/mol. The number of ether oxygens (including phenoxy) is 4. The molecular formula is C43H54F2N4O12. The van der Waals surface area contributed by atoms with Crippen LogP contribution in [0.1, 0.15) is 80.5 Å². The minimum atomic E-state index is -2.93. The van der Waals surface area contributed by atoms with Gasteiger partial charge in [0.05, 0.1) is 20.3 Å². The van der Waals surface area contributed by atoms with E-state index in [9.17, 15) is 47.4 Å². The van der Waals surface area contributed by atoms with Crippen molar-refractivity contribution >= 4 is 41.6 Å². The highest BCUT2D eigenvalue weighted by Crippen LogP contribution is 2.58. The number of alkyl carbamates (subject to hydrolysis) is 2. The Balaban J connectivity index is 1.14. The number of Topliss-reactive ketones (excluding diaryl/α,β-unsaturated/α-hetero) is 2. The van der Waals surface area contributed by atoms with Crippen molar-refractivity contribution in [2.75, 3.05) is 40.5 Å². The summed E-state index contributed by atoms with van der Waals surface area (Å²) in [5, 5.41) is 16.1. The van der Waals surface area contributed by atoms with Crippen molar-refractivity contribution in [1.82, 2.24) is 20.4 Å². The normalized spacial score (nSPS) is 20.6. The van der Waals surface area contributed by atoms with Crippen LogP contribution in [-0.4, -0.2) is 133 Å². The molecule has 2 aliphatic heterocycles. The molecular weight excluding hydrogens is 802 g/mol. The molecule has 332 valence electrons. The summed E-state index contributed by atoms with van der Waals surface area (Å²) in [6.07, 6.45) is -2.84. The molecule has 5 atom stereocenters. The van der Waals surface area contributed by atoms with Crippen molar-refractivity contribution in [2.45, 2.75) is 96.1 Å². The minimum absolute atomic E-state index is 0.0727. The second-order valence-electron chi connectivity index (χ2n) is 16.7. The van der Waals surface area contributed by atoms with Crippen molar-refractivity contribution in [3.05, 3.63) is 59.7 Å². The number of esters is 2. The number of ketones is 2. The fourth-order valence-electron chi connectivity index (χ4n) is 8.35. The SMILES string of the molecule is COC(=O)N[C@@H](C(C)C)C(O)N1CCC[C@H]1C(=O)OCC(=O)c1ccc(-c2ccc(C(=O)COC(=O)[C@@H]3CC4(CN3C(=O)[C@@H](NC(=O)OC)C(C)C)CC(F)(F)C4)cc2)cc1. The summed E-state index contributed by atoms with van der Waals surface area (Å²) in [7, 11) is 2.35. The van der Waals surface area contributed by atoms with Gasteiger partial charge in [0.2, 0.25) is 11.8 Å². The van der Waals surface area contributed by atoms with E-state index in [1.165, 1.54) is 19.2 Å². The molecule has 61 heavy (non-hydrogen) atoms. The lowest BCUT2D eigenvalue weighted by molar-refractivity contribution is -0.159. The van der Waals surface area contributed by atoms with Gasteiger partial charge in [0, 0.05) is 42.5 Å². The van der Waals surface area contributed by atoms with Crippen molar-refractivity contribution in [3.63, 3.8) is 0 Å². The van der Waals surface area contributed by atoms with Crippen LogP contribution in [0, 0.1) is 17.3 Å². The number of aliphatic hydroxyl groups excluding tert-OH is 1. The average molecular weight is 857 g/mol. The molecule has 0 radical (unpaired) electrons. The van der Waals surface area contributed by atoms with Gasteiger partial charge in [-0.3, -0.25) is 24.1 Å². The van der Waals surface area contributed by atoms with Crippen LogP contribution in [0.15, 0.2) is 48.5 Å². The van der Waals surface area contributed by atoms with E-state index in [4.69, 9.17) is 9.47 Å². The van der Waals surface area contributed by atoms with Gasteiger partial charge in [0.15, 0.2) is 24.8 Å². The van der Waals surface area contributed by atoms with E-state index in [2.05, 4.69) is 20.1 Å². The van der Waals surface area contributed by atoms with Crippen molar-refractivity contribution in [1.29, 1.82) is 0 Å². The molecule has 0 aromatic heterocycles. The molecule has 3 aliphatic rings. The molecule has 1 spiro atoms. The zero-order chi connectivity index (χ0) is 44.8. The first-order valence-electron chi connectivity index (χ1n) is 20.2. The Morgan fingerprint density at radius 2 is 1.25 bits per heavy atom. The second kappa shape index (κ2) is 19.5. The van der Waals surface area contributed by atoms with Gasteiger partial charge in [-0.05, 0) is 42.2 Å². The van der Waals surface area contributed by atoms with E-state index in [-0.39, 0.29) is 30.0 Å². The number of alkyl halides is 2. The number of rotatable bonds is 16. The molecule has 2 heterocycles. The maximum absolute atomic E-state index is 14.0. The average Bonchev–Trinajstić information content (AvgIpc) is 3.88. The highest BCUT2D eigenvalue weighted by molar-refractivity contribution is 6.00. The van der Waals surface area contributed by atoms with Gasteiger partial charge in [0.1, 0.15) is 24.4 Å². The molecule has 2 aromatic carbocycles. The molecule has 1 saturated carbocycles. The number of aliphatic hydroxyl groups is 1. The molecule has 3 fully saturated rings. The molecule has 3 amide bonds. The molecule has 16 nitrogen and oxygen atoms in total. The van der Waals surface area contributed by atoms with Crippen molar-refractivity contribution in [3.8, 4) is 11.1 Å². The number of nitrogens with one attached hydrogen (secondary N) is 2. The number of likely N-dealkylation sites (tertiary alicyclic amines) is 2. The van der Waals surface area contributed by atoms with Gasteiger partial charge in [-0.1, -0.05) is 76.2 Å². The smallest absolute Gasteiger partial charge is 0.407 e. The summed E-state index contributed by atoms with van der Waals surface area (Å²) in [5.74, 6) is -6.76. The number of carbonyl (C=O) groups is 7. The Morgan fingerprint density at radius 1 is 0.754 bits per heavy atom. The molecule has 2 saturated heterocycles. The van der Waals surface area contributed by atoms with E-state index in [0.717, 1.165) is 12.0 Å². The Hall–Kier alpha value is -5.49. The summed E-state index contributed by atoms with van der Waals surface area (Å²) in [6, 6.07) is 9.05. The Labute approximate surface area is 352 Å². The Morgan fingerprint density at radius 3 is 1.70 bits per heavy atom. The number of nitrogens with zero attached hydrogens (tertiary/aromatic N) is 2. The maximum atomic E-state index is 14.0. The molecule has 5 rings (SSSR count). The zero-order valence-electron chi connectivity index (χ0n) is 35.1. The van der Waals surface area contributed by atoms with Crippen molar-refractivity contribution < 1.29 is 66.4 Å². The highest BCUT2D eigenvalue weighted by atomic mass is 19.3. The molecule has 2 aromatic rings. The third-order valence-electron chi connectivity index (χ3n) is 11.6. The van der Waals surface area contributed by atoms with Gasteiger partial charge >= 0.3 is 24.1 Å². The first-order chi connectivity index (χ1) is 28.8. The van der Waals surface area contributed by atoms with Gasteiger partial charge in [-0.2, -0.15) is 0 Å². The van der Waals surface area contributed by atoms with Gasteiger partial charge in [-0.15, -0.1) is 0 Å². The van der Waals surface area contributed by atoms with Crippen LogP contribution in [0.25, 0.3) is 11.1 Å². The van der Waals surface area contributed by atoms with E-state index >= 15 is 0 Å². The topological polar surface area (TPSA) is 207 Å². The first kappa shape index (κ1) is 46.6. The predicted octanol–water partition coefficient (Wildman–Crippen LogP) is 4.37. The van der Waals surface area contributed by atoms with E-state index in [1.54, 1.807) is 55.1 Å². The lowest BCUT2D eigenvalue weighted by Gasteiger charge is -2.44. The van der Waals surface area contributed by atoms with Crippen LogP contribution in [0.2, 0.25) is 0 Å². The van der Waals surface area contributed by atoms with Crippen LogP contribution in [-0.2, 0) is 33.3 Å². The standard InChI is InChI=1S/C43H54F2N4O12/c1-24(2)34(46-40(56)58-5)36(52)48-17-7-8-30(48)38(54)60-19-32(50)28-13-9-26(10-14-28)27-11-15-29(16-12-27)33(51)20-61-39(55)31-18-42(21-43(44,45)22-42)23-49(31)37(53)35(25(3)4)47-41(57)59-6/h9-16,24-25,30-31,34-36,52H,7-8,17-23H2,1-6H3,(H,46,56)(H,47,57)/t30-,31-,34-,35-,36?/m0/s1. The van der Waals surface area contributed by atoms with Crippen LogP contribution < -0.4 is 10.6 Å². The number of carbonyl (C=O) groups excluding carboxylic acids is 7. The number of halogens is 2. The maximum Gasteiger partial charge on any atom is 0.407 e. The quantitative estimate of drug-likeness (QED) is 0.122. The highest BCUT2D eigenvalue weighted by Gasteiger charge is 2.63. The van der Waals surface area contributed by atoms with Crippen LogP contribution in [0.4, 0.5) is 18.4 Å². The molecule has 3 N–H and O–H groups in total. The van der Waals surface area contributed by atoms with Gasteiger partial charge in [-0.25, -0.2) is 23.2 Å². The fraction of sp³-hybridized carbons (Fsp3) is 0.558. The minimum Gasteiger partial charge on any atom is -0.456 e. The van der Waals surface area contributed by atoms with Crippen LogP contribution in [0.3, 0.4) is 0 Å². The Kier molecular flexibility index (Phi) is 14.9. The lowest BCUT2D eigenvalue weighted by atomic mass is 9.65. The summed E-state index contributed by atoms with van der Waals surface area (Å²) in [6.45, 7) is 6.05.